The zero-order valence-corrected chi connectivity index (χ0v) is 12.2. The maximum atomic E-state index is 12.2. The molecule has 1 aromatic rings. The molecule has 2 rings (SSSR count). The molecule has 102 valence electrons. The number of benzene rings is 1. The van der Waals surface area contributed by atoms with Gasteiger partial charge in [0.1, 0.15) is 5.70 Å². The molecule has 0 fully saturated rings. The van der Waals surface area contributed by atoms with Crippen molar-refractivity contribution in [1.82, 2.24) is 10.6 Å². The number of amides is 1. The third kappa shape index (κ3) is 3.32. The van der Waals surface area contributed by atoms with Crippen molar-refractivity contribution in [2.75, 3.05) is 13.3 Å². The van der Waals surface area contributed by atoms with Crippen LogP contribution in [0.25, 0.3) is 0 Å². The number of thioether (sulfide) groups is 1. The summed E-state index contributed by atoms with van der Waals surface area (Å²) >= 11 is 1.52. The predicted octanol–water partition coefficient (Wildman–Crippen LogP) is 2.60. The van der Waals surface area contributed by atoms with Crippen LogP contribution in [0.3, 0.4) is 0 Å². The summed E-state index contributed by atoms with van der Waals surface area (Å²) in [5, 5.41) is 7.91. The van der Waals surface area contributed by atoms with Crippen molar-refractivity contribution in [3.8, 4) is 0 Å². The number of carbonyl (C=O) groups is 1. The number of nitrogens with one attached hydrogen (secondary N) is 2. The largest absolute Gasteiger partial charge is 0.383 e. The molecular weight excluding hydrogens is 256 g/mol. The fourth-order valence-electron chi connectivity index (χ4n) is 2.48. The van der Waals surface area contributed by atoms with Crippen molar-refractivity contribution in [1.29, 1.82) is 0 Å². The summed E-state index contributed by atoms with van der Waals surface area (Å²) in [6.07, 6.45) is 5.20. The molecule has 0 radical (unpaired) electrons. The van der Waals surface area contributed by atoms with E-state index in [0.717, 1.165) is 19.3 Å². The van der Waals surface area contributed by atoms with Crippen molar-refractivity contribution < 1.29 is 4.79 Å². The Morgan fingerprint density at radius 3 is 2.95 bits per heavy atom. The van der Waals surface area contributed by atoms with Crippen LogP contribution >= 0.6 is 11.8 Å². The second-order valence-corrected chi connectivity index (χ2v) is 5.34. The molecule has 0 saturated carbocycles. The molecule has 1 unspecified atom stereocenters. The lowest BCUT2D eigenvalue weighted by molar-refractivity contribution is -0.118. The van der Waals surface area contributed by atoms with E-state index in [9.17, 15) is 4.79 Å². The Hall–Kier alpha value is -1.42. The Balaban J connectivity index is 2.12. The van der Waals surface area contributed by atoms with Gasteiger partial charge in [-0.2, -0.15) is 0 Å². The highest BCUT2D eigenvalue weighted by Crippen LogP contribution is 2.29. The zero-order valence-electron chi connectivity index (χ0n) is 11.4. The fraction of sp³-hybridized carbons (Fsp3) is 0.400. The van der Waals surface area contributed by atoms with Crippen molar-refractivity contribution in [3.05, 3.63) is 46.5 Å². The van der Waals surface area contributed by atoms with E-state index in [1.54, 1.807) is 7.05 Å². The van der Waals surface area contributed by atoms with Gasteiger partial charge in [0.2, 0.25) is 0 Å². The highest BCUT2D eigenvalue weighted by molar-refractivity contribution is 8.01. The zero-order chi connectivity index (χ0) is 13.7. The Bertz CT molecular complexity index is 485. The van der Waals surface area contributed by atoms with E-state index in [1.165, 1.54) is 22.9 Å². The number of fused-ring (bicyclic) bond motifs is 1. The molecule has 1 atom stereocenters. The Labute approximate surface area is 118 Å². The fourth-order valence-corrected chi connectivity index (χ4v) is 2.94. The molecule has 0 aromatic heterocycles. The number of hydrogen-bond donors (Lipinski definition) is 2. The number of aryl methyl sites for hydroxylation is 1. The van der Waals surface area contributed by atoms with Gasteiger partial charge in [0.15, 0.2) is 0 Å². The van der Waals surface area contributed by atoms with Crippen molar-refractivity contribution >= 4 is 17.7 Å². The third-order valence-electron chi connectivity index (χ3n) is 3.42. The molecule has 3 nitrogen and oxygen atoms in total. The van der Waals surface area contributed by atoms with Crippen molar-refractivity contribution in [2.24, 2.45) is 0 Å². The molecule has 0 bridgehead atoms. The average molecular weight is 276 g/mol. The first-order valence-electron chi connectivity index (χ1n) is 6.55. The summed E-state index contributed by atoms with van der Waals surface area (Å²) in [5.74, 6) is -0.0291. The SMILES string of the molecule is CN/C(=C\SC)C(=O)NC1CCCc2ccccc21. The lowest BCUT2D eigenvalue weighted by Gasteiger charge is -2.26. The number of carbonyl (C=O) groups excluding carboxylic acids is 1. The van der Waals surface area contributed by atoms with Crippen LogP contribution in [0.4, 0.5) is 0 Å². The summed E-state index contributed by atoms with van der Waals surface area (Å²) in [5.41, 5.74) is 3.25. The molecule has 0 aliphatic heterocycles. The van der Waals surface area contributed by atoms with E-state index in [-0.39, 0.29) is 11.9 Å². The van der Waals surface area contributed by atoms with E-state index in [0.29, 0.717) is 5.70 Å². The molecule has 0 spiro atoms. The van der Waals surface area contributed by atoms with E-state index in [4.69, 9.17) is 0 Å². The molecular formula is C15H20N2OS. The van der Waals surface area contributed by atoms with Crippen LogP contribution < -0.4 is 10.6 Å². The minimum atomic E-state index is -0.0291. The van der Waals surface area contributed by atoms with Crippen LogP contribution in [0.1, 0.15) is 30.0 Å². The molecule has 1 aliphatic carbocycles. The van der Waals surface area contributed by atoms with Gasteiger partial charge in [-0.15, -0.1) is 11.8 Å². The first-order chi connectivity index (χ1) is 9.26. The smallest absolute Gasteiger partial charge is 0.268 e. The van der Waals surface area contributed by atoms with Crippen molar-refractivity contribution in [2.45, 2.75) is 25.3 Å². The number of likely N-dealkylation sites (N-methyl/N-ethyl adjacent to an activating group) is 1. The lowest BCUT2D eigenvalue weighted by atomic mass is 9.88. The molecule has 1 aliphatic rings. The molecule has 0 heterocycles. The molecule has 19 heavy (non-hydrogen) atoms. The normalized spacial score (nSPS) is 18.6. The Morgan fingerprint density at radius 2 is 2.21 bits per heavy atom. The summed E-state index contributed by atoms with van der Waals surface area (Å²) in [4.78, 5) is 12.2. The Kier molecular flexibility index (Phi) is 4.91. The quantitative estimate of drug-likeness (QED) is 0.831. The van der Waals surface area contributed by atoms with Crippen molar-refractivity contribution in [3.63, 3.8) is 0 Å². The first-order valence-corrected chi connectivity index (χ1v) is 7.84. The van der Waals surface area contributed by atoms with Gasteiger partial charge in [0, 0.05) is 7.05 Å². The van der Waals surface area contributed by atoms with Gasteiger partial charge in [0.25, 0.3) is 5.91 Å². The summed E-state index contributed by atoms with van der Waals surface area (Å²) in [7, 11) is 1.77. The summed E-state index contributed by atoms with van der Waals surface area (Å²) < 4.78 is 0. The van der Waals surface area contributed by atoms with E-state index in [1.807, 2.05) is 17.7 Å². The molecule has 0 saturated heterocycles. The highest BCUT2D eigenvalue weighted by atomic mass is 32.2. The van der Waals surface area contributed by atoms with Gasteiger partial charge >= 0.3 is 0 Å². The minimum Gasteiger partial charge on any atom is -0.383 e. The van der Waals surface area contributed by atoms with Crippen LogP contribution in [-0.2, 0) is 11.2 Å². The molecule has 4 heteroatoms. The van der Waals surface area contributed by atoms with Gasteiger partial charge in [-0.3, -0.25) is 4.79 Å². The lowest BCUT2D eigenvalue weighted by Crippen LogP contribution is -2.35. The van der Waals surface area contributed by atoms with Crippen LogP contribution in [-0.4, -0.2) is 19.2 Å². The monoisotopic (exact) mass is 276 g/mol. The second kappa shape index (κ2) is 6.66. The van der Waals surface area contributed by atoms with Gasteiger partial charge < -0.3 is 10.6 Å². The summed E-state index contributed by atoms with van der Waals surface area (Å²) in [6.45, 7) is 0. The maximum Gasteiger partial charge on any atom is 0.268 e. The van der Waals surface area contributed by atoms with E-state index in [2.05, 4.69) is 28.8 Å². The molecule has 2 N–H and O–H groups in total. The van der Waals surface area contributed by atoms with Crippen LogP contribution in [0.15, 0.2) is 35.4 Å². The van der Waals surface area contributed by atoms with Gasteiger partial charge in [0.05, 0.1) is 6.04 Å². The van der Waals surface area contributed by atoms with Crippen LogP contribution in [0.5, 0.6) is 0 Å². The van der Waals surface area contributed by atoms with E-state index < -0.39 is 0 Å². The number of rotatable bonds is 4. The molecule has 1 aromatic carbocycles. The second-order valence-electron chi connectivity index (χ2n) is 4.63. The first kappa shape index (κ1) is 14.0. The predicted molar refractivity (Wildman–Crippen MR) is 80.9 cm³/mol. The summed E-state index contributed by atoms with van der Waals surface area (Å²) in [6, 6.07) is 8.52. The van der Waals surface area contributed by atoms with E-state index >= 15 is 0 Å². The third-order valence-corrected chi connectivity index (χ3v) is 3.90. The van der Waals surface area contributed by atoms with Gasteiger partial charge in [-0.25, -0.2) is 0 Å². The van der Waals surface area contributed by atoms with Crippen LogP contribution in [0.2, 0.25) is 0 Å². The van der Waals surface area contributed by atoms with Crippen LogP contribution in [0, 0.1) is 0 Å². The van der Waals surface area contributed by atoms with Gasteiger partial charge in [-0.1, -0.05) is 24.3 Å². The standard InChI is InChI=1S/C15H20N2OS/c1-16-14(10-19-2)15(18)17-13-9-5-7-11-6-3-4-8-12(11)13/h3-4,6,8,10,13,16H,5,7,9H2,1-2H3,(H,17,18)/b14-10-. The highest BCUT2D eigenvalue weighted by Gasteiger charge is 2.22. The van der Waals surface area contributed by atoms with Gasteiger partial charge in [-0.05, 0) is 42.1 Å². The number of hydrogen-bond acceptors (Lipinski definition) is 3. The topological polar surface area (TPSA) is 41.1 Å². The maximum absolute atomic E-state index is 12.2. The minimum absolute atomic E-state index is 0.0291. The average Bonchev–Trinajstić information content (AvgIpc) is 2.45. The molecule has 1 amide bonds. The Morgan fingerprint density at radius 1 is 1.42 bits per heavy atom.